The summed E-state index contributed by atoms with van der Waals surface area (Å²) in [6, 6.07) is 15.2. The van der Waals surface area contributed by atoms with Gasteiger partial charge in [0.15, 0.2) is 0 Å². The Kier molecular flexibility index (Phi) is 2.06. The van der Waals surface area contributed by atoms with Gasteiger partial charge < -0.3 is 4.40 Å². The molecule has 86 valence electrons. The van der Waals surface area contributed by atoms with E-state index in [0.717, 1.165) is 0 Å². The Morgan fingerprint density at radius 1 is 0.941 bits per heavy atom. The summed E-state index contributed by atoms with van der Waals surface area (Å²) in [5, 5.41) is 1.30. The molecular formula is C16H17N. The molecule has 1 nitrogen and oxygen atoms in total. The average Bonchev–Trinajstić information content (AvgIpc) is 2.65. The van der Waals surface area contributed by atoms with Crippen LogP contribution in [0.3, 0.4) is 0 Å². The quantitative estimate of drug-likeness (QED) is 0.532. The number of hydrogen-bond donors (Lipinski definition) is 0. The summed E-state index contributed by atoms with van der Waals surface area (Å²) < 4.78 is 2.29. The minimum Gasteiger partial charge on any atom is -0.316 e. The first kappa shape index (κ1) is 10.4. The lowest BCUT2D eigenvalue weighted by atomic mass is 9.88. The molecule has 0 amide bonds. The second-order valence-electron chi connectivity index (χ2n) is 5.67. The SMILES string of the molecule is CC(C)(C)c1ccc2cc3ccccc3n2c1. The minimum absolute atomic E-state index is 0.194. The molecule has 2 aromatic heterocycles. The van der Waals surface area contributed by atoms with Crippen LogP contribution in [0.2, 0.25) is 0 Å². The van der Waals surface area contributed by atoms with Crippen molar-refractivity contribution in [2.24, 2.45) is 0 Å². The van der Waals surface area contributed by atoms with Crippen LogP contribution in [-0.4, -0.2) is 4.40 Å². The Morgan fingerprint density at radius 3 is 2.47 bits per heavy atom. The highest BCUT2D eigenvalue weighted by Gasteiger charge is 2.14. The molecule has 1 heteroatoms. The predicted molar refractivity (Wildman–Crippen MR) is 73.6 cm³/mol. The van der Waals surface area contributed by atoms with Gasteiger partial charge in [-0.1, -0.05) is 45.0 Å². The monoisotopic (exact) mass is 223 g/mol. The van der Waals surface area contributed by atoms with Crippen molar-refractivity contribution in [3.63, 3.8) is 0 Å². The number of benzene rings is 1. The van der Waals surface area contributed by atoms with Gasteiger partial charge in [-0.05, 0) is 29.2 Å². The first-order valence-corrected chi connectivity index (χ1v) is 6.06. The van der Waals surface area contributed by atoms with E-state index < -0.39 is 0 Å². The molecule has 0 saturated heterocycles. The highest BCUT2D eigenvalue weighted by Crippen LogP contribution is 2.26. The van der Waals surface area contributed by atoms with Crippen LogP contribution in [-0.2, 0) is 5.41 Å². The van der Waals surface area contributed by atoms with Crippen molar-refractivity contribution in [1.82, 2.24) is 4.40 Å². The molecule has 0 atom stereocenters. The number of fused-ring (bicyclic) bond motifs is 3. The van der Waals surface area contributed by atoms with Gasteiger partial charge in [-0.15, -0.1) is 0 Å². The highest BCUT2D eigenvalue weighted by atomic mass is 14.9. The lowest BCUT2D eigenvalue weighted by molar-refractivity contribution is 0.587. The van der Waals surface area contributed by atoms with Crippen molar-refractivity contribution in [1.29, 1.82) is 0 Å². The molecule has 0 saturated carbocycles. The lowest BCUT2D eigenvalue weighted by Crippen LogP contribution is -2.11. The number of aromatic nitrogens is 1. The van der Waals surface area contributed by atoms with E-state index in [0.29, 0.717) is 0 Å². The molecular weight excluding hydrogens is 206 g/mol. The third kappa shape index (κ3) is 1.62. The largest absolute Gasteiger partial charge is 0.316 e. The molecule has 3 rings (SSSR count). The van der Waals surface area contributed by atoms with Gasteiger partial charge in [0.1, 0.15) is 0 Å². The smallest absolute Gasteiger partial charge is 0.0528 e. The number of hydrogen-bond acceptors (Lipinski definition) is 0. The fourth-order valence-electron chi connectivity index (χ4n) is 2.27. The molecule has 2 heterocycles. The maximum Gasteiger partial charge on any atom is 0.0528 e. The summed E-state index contributed by atoms with van der Waals surface area (Å²) in [5.41, 5.74) is 4.11. The predicted octanol–water partition coefficient (Wildman–Crippen LogP) is 4.39. The van der Waals surface area contributed by atoms with E-state index in [1.165, 1.54) is 22.0 Å². The third-order valence-electron chi connectivity index (χ3n) is 3.35. The van der Waals surface area contributed by atoms with E-state index in [2.05, 4.69) is 73.8 Å². The third-order valence-corrected chi connectivity index (χ3v) is 3.35. The Morgan fingerprint density at radius 2 is 1.71 bits per heavy atom. The summed E-state index contributed by atoms with van der Waals surface area (Å²) >= 11 is 0. The van der Waals surface area contributed by atoms with Crippen LogP contribution in [0, 0.1) is 0 Å². The molecule has 0 unspecified atom stereocenters. The second kappa shape index (κ2) is 3.36. The molecule has 0 aliphatic carbocycles. The lowest BCUT2D eigenvalue weighted by Gasteiger charge is -2.19. The van der Waals surface area contributed by atoms with E-state index in [-0.39, 0.29) is 5.41 Å². The molecule has 0 bridgehead atoms. The second-order valence-corrected chi connectivity index (χ2v) is 5.67. The fraction of sp³-hybridized carbons (Fsp3) is 0.250. The van der Waals surface area contributed by atoms with Crippen molar-refractivity contribution in [3.05, 3.63) is 54.2 Å². The molecule has 0 spiro atoms. The van der Waals surface area contributed by atoms with Gasteiger partial charge in [-0.25, -0.2) is 0 Å². The summed E-state index contributed by atoms with van der Waals surface area (Å²) in [4.78, 5) is 0. The molecule has 0 radical (unpaired) electrons. The molecule has 0 fully saturated rings. The fourth-order valence-corrected chi connectivity index (χ4v) is 2.27. The van der Waals surface area contributed by atoms with Crippen LogP contribution in [0.15, 0.2) is 48.7 Å². The molecule has 17 heavy (non-hydrogen) atoms. The summed E-state index contributed by atoms with van der Waals surface area (Å²) in [6.07, 6.45) is 2.26. The average molecular weight is 223 g/mol. The van der Waals surface area contributed by atoms with E-state index in [9.17, 15) is 0 Å². The number of para-hydroxylation sites is 1. The van der Waals surface area contributed by atoms with E-state index >= 15 is 0 Å². The maximum atomic E-state index is 2.29. The molecule has 0 aliphatic rings. The van der Waals surface area contributed by atoms with E-state index in [1.54, 1.807) is 0 Å². The van der Waals surface area contributed by atoms with Crippen LogP contribution in [0.5, 0.6) is 0 Å². The Bertz CT molecular complexity index is 683. The molecule has 3 aromatic rings. The van der Waals surface area contributed by atoms with Crippen molar-refractivity contribution in [2.45, 2.75) is 26.2 Å². The standard InChI is InChI=1S/C16H17N/c1-16(2,3)13-8-9-14-10-12-6-4-5-7-15(12)17(14)11-13/h4-11H,1-3H3. The zero-order valence-corrected chi connectivity index (χ0v) is 10.6. The van der Waals surface area contributed by atoms with Crippen molar-refractivity contribution in [3.8, 4) is 0 Å². The Balaban J connectivity index is 2.38. The van der Waals surface area contributed by atoms with Crippen LogP contribution in [0.1, 0.15) is 26.3 Å². The number of nitrogens with zero attached hydrogens (tertiary/aromatic N) is 1. The van der Waals surface area contributed by atoms with Gasteiger partial charge in [0, 0.05) is 17.1 Å². The molecule has 1 aromatic carbocycles. The van der Waals surface area contributed by atoms with Gasteiger partial charge in [-0.3, -0.25) is 0 Å². The van der Waals surface area contributed by atoms with Crippen LogP contribution < -0.4 is 0 Å². The highest BCUT2D eigenvalue weighted by molar-refractivity contribution is 5.87. The zero-order chi connectivity index (χ0) is 12.0. The summed E-state index contributed by atoms with van der Waals surface area (Å²) in [7, 11) is 0. The first-order chi connectivity index (χ1) is 8.05. The number of rotatable bonds is 0. The summed E-state index contributed by atoms with van der Waals surface area (Å²) in [5.74, 6) is 0. The Labute approximate surface area is 102 Å². The van der Waals surface area contributed by atoms with Crippen LogP contribution in [0.4, 0.5) is 0 Å². The first-order valence-electron chi connectivity index (χ1n) is 6.06. The topological polar surface area (TPSA) is 4.41 Å². The minimum atomic E-state index is 0.194. The van der Waals surface area contributed by atoms with Gasteiger partial charge in [0.2, 0.25) is 0 Å². The van der Waals surface area contributed by atoms with Gasteiger partial charge >= 0.3 is 0 Å². The van der Waals surface area contributed by atoms with Gasteiger partial charge in [0.05, 0.1) is 5.52 Å². The van der Waals surface area contributed by atoms with Crippen LogP contribution >= 0.6 is 0 Å². The van der Waals surface area contributed by atoms with Gasteiger partial charge in [0.25, 0.3) is 0 Å². The van der Waals surface area contributed by atoms with E-state index in [4.69, 9.17) is 0 Å². The summed E-state index contributed by atoms with van der Waals surface area (Å²) in [6.45, 7) is 6.75. The zero-order valence-electron chi connectivity index (χ0n) is 10.6. The molecule has 0 N–H and O–H groups in total. The van der Waals surface area contributed by atoms with Crippen LogP contribution in [0.25, 0.3) is 16.4 Å². The normalized spacial score (nSPS) is 12.4. The van der Waals surface area contributed by atoms with Gasteiger partial charge in [-0.2, -0.15) is 0 Å². The molecule has 0 aliphatic heterocycles. The van der Waals surface area contributed by atoms with Crippen molar-refractivity contribution < 1.29 is 0 Å². The van der Waals surface area contributed by atoms with Crippen molar-refractivity contribution in [2.75, 3.05) is 0 Å². The van der Waals surface area contributed by atoms with Crippen molar-refractivity contribution >= 4 is 16.4 Å². The van der Waals surface area contributed by atoms with E-state index in [1.807, 2.05) is 0 Å². The Hall–Kier alpha value is -1.76. The number of pyridine rings is 1. The maximum absolute atomic E-state index is 2.29.